The van der Waals surface area contributed by atoms with Crippen molar-refractivity contribution in [2.24, 2.45) is 0 Å². The van der Waals surface area contributed by atoms with Crippen molar-refractivity contribution in [3.05, 3.63) is 29.8 Å². The molecular formula is C17H24F2N2O3. The third kappa shape index (κ3) is 6.41. The Labute approximate surface area is 140 Å². The van der Waals surface area contributed by atoms with Gasteiger partial charge >= 0.3 is 6.61 Å². The zero-order chi connectivity index (χ0) is 17.5. The fourth-order valence-corrected chi connectivity index (χ4v) is 2.86. The number of rotatable bonds is 7. The van der Waals surface area contributed by atoms with Gasteiger partial charge in [-0.1, -0.05) is 12.1 Å². The maximum absolute atomic E-state index is 12.1. The fourth-order valence-electron chi connectivity index (χ4n) is 2.86. The van der Waals surface area contributed by atoms with Crippen molar-refractivity contribution in [2.45, 2.75) is 39.1 Å². The third-order valence-corrected chi connectivity index (χ3v) is 3.75. The molecule has 0 spiro atoms. The predicted molar refractivity (Wildman–Crippen MR) is 86.2 cm³/mol. The Morgan fingerprint density at radius 2 is 1.92 bits per heavy atom. The molecule has 5 nitrogen and oxygen atoms in total. The van der Waals surface area contributed by atoms with E-state index in [1.54, 1.807) is 12.1 Å². The topological polar surface area (TPSA) is 50.8 Å². The molecule has 1 heterocycles. The number of alkyl halides is 2. The average molecular weight is 342 g/mol. The predicted octanol–water partition coefficient (Wildman–Crippen LogP) is 2.06. The quantitative estimate of drug-likeness (QED) is 0.824. The van der Waals surface area contributed by atoms with Gasteiger partial charge in [-0.05, 0) is 38.0 Å². The number of nitrogens with zero attached hydrogens (tertiary/aromatic N) is 1. The Morgan fingerprint density at radius 1 is 1.29 bits per heavy atom. The second-order valence-electron chi connectivity index (χ2n) is 6.07. The number of carbonyl (C=O) groups excluding carboxylic acids is 1. The van der Waals surface area contributed by atoms with Crippen molar-refractivity contribution in [1.29, 1.82) is 0 Å². The summed E-state index contributed by atoms with van der Waals surface area (Å²) in [5, 5.41) is 2.88. The van der Waals surface area contributed by atoms with Crippen LogP contribution in [0.4, 0.5) is 8.78 Å². The minimum absolute atomic E-state index is 0.0195. The molecule has 0 unspecified atom stereocenters. The lowest BCUT2D eigenvalue weighted by molar-refractivity contribution is -0.125. The summed E-state index contributed by atoms with van der Waals surface area (Å²) in [6, 6.07) is 6.43. The van der Waals surface area contributed by atoms with Crippen LogP contribution in [0.15, 0.2) is 24.3 Å². The molecule has 24 heavy (non-hydrogen) atoms. The fraction of sp³-hybridized carbons (Fsp3) is 0.588. The third-order valence-electron chi connectivity index (χ3n) is 3.75. The molecule has 1 aromatic carbocycles. The second kappa shape index (κ2) is 8.94. The summed E-state index contributed by atoms with van der Waals surface area (Å²) in [7, 11) is 0. The number of morpholine rings is 1. The van der Waals surface area contributed by atoms with Gasteiger partial charge in [0, 0.05) is 19.6 Å². The number of halogens is 2. The summed E-state index contributed by atoms with van der Waals surface area (Å²) in [5.74, 6) is 0.113. The summed E-state index contributed by atoms with van der Waals surface area (Å²) in [4.78, 5) is 14.1. The van der Waals surface area contributed by atoms with Gasteiger partial charge in [-0.15, -0.1) is 0 Å². The lowest BCUT2D eigenvalue weighted by Crippen LogP contribution is -2.49. The number of hydrogen-bond donors (Lipinski definition) is 1. The minimum Gasteiger partial charge on any atom is -0.435 e. The number of ether oxygens (including phenoxy) is 2. The molecule has 0 bridgehead atoms. The van der Waals surface area contributed by atoms with Gasteiger partial charge < -0.3 is 14.8 Å². The van der Waals surface area contributed by atoms with Gasteiger partial charge in [0.05, 0.1) is 18.8 Å². The van der Waals surface area contributed by atoms with Crippen molar-refractivity contribution >= 4 is 5.91 Å². The van der Waals surface area contributed by atoms with Gasteiger partial charge in [-0.3, -0.25) is 9.69 Å². The monoisotopic (exact) mass is 342 g/mol. The van der Waals surface area contributed by atoms with E-state index in [4.69, 9.17) is 4.74 Å². The van der Waals surface area contributed by atoms with E-state index in [1.165, 1.54) is 12.1 Å². The summed E-state index contributed by atoms with van der Waals surface area (Å²) in [6.07, 6.45) is 0.905. The molecule has 7 heteroatoms. The number of nitrogens with one attached hydrogen (secondary N) is 1. The van der Waals surface area contributed by atoms with Crippen LogP contribution >= 0.6 is 0 Å². The van der Waals surface area contributed by atoms with E-state index >= 15 is 0 Å². The van der Waals surface area contributed by atoms with E-state index in [2.05, 4.69) is 15.0 Å². The van der Waals surface area contributed by atoms with Crippen molar-refractivity contribution in [3.63, 3.8) is 0 Å². The van der Waals surface area contributed by atoms with Crippen molar-refractivity contribution in [2.75, 3.05) is 26.2 Å². The highest BCUT2D eigenvalue weighted by molar-refractivity contribution is 5.78. The van der Waals surface area contributed by atoms with Crippen LogP contribution in [0.2, 0.25) is 0 Å². The van der Waals surface area contributed by atoms with Gasteiger partial charge in [-0.2, -0.15) is 8.78 Å². The molecular weight excluding hydrogens is 318 g/mol. The van der Waals surface area contributed by atoms with Gasteiger partial charge in [0.25, 0.3) is 0 Å². The summed E-state index contributed by atoms with van der Waals surface area (Å²) < 4.78 is 34.1. The Morgan fingerprint density at radius 3 is 2.50 bits per heavy atom. The van der Waals surface area contributed by atoms with Crippen LogP contribution in [0.5, 0.6) is 5.75 Å². The first-order valence-electron chi connectivity index (χ1n) is 8.10. The Kier molecular flexibility index (Phi) is 6.93. The Bertz CT molecular complexity index is 515. The average Bonchev–Trinajstić information content (AvgIpc) is 2.47. The molecule has 1 amide bonds. The molecule has 0 aromatic heterocycles. The van der Waals surface area contributed by atoms with Crippen LogP contribution in [0, 0.1) is 0 Å². The molecule has 0 radical (unpaired) electrons. The lowest BCUT2D eigenvalue weighted by atomic mass is 10.1. The highest BCUT2D eigenvalue weighted by atomic mass is 19.3. The standard InChI is InChI=1S/C17H24F2N2O3/c1-12-9-21(10-13(2)23-12)11-16(22)20-8-7-14-3-5-15(6-4-14)24-17(18)19/h3-6,12-13,17H,7-11H2,1-2H3,(H,20,22)/t12-,13+. The van der Waals surface area contributed by atoms with Crippen molar-refractivity contribution in [3.8, 4) is 5.75 Å². The van der Waals surface area contributed by atoms with Gasteiger partial charge in [0.15, 0.2) is 0 Å². The summed E-state index contributed by atoms with van der Waals surface area (Å²) >= 11 is 0. The van der Waals surface area contributed by atoms with E-state index in [-0.39, 0.29) is 23.9 Å². The first-order valence-corrected chi connectivity index (χ1v) is 8.10. The van der Waals surface area contributed by atoms with E-state index in [0.29, 0.717) is 19.5 Å². The molecule has 1 N–H and O–H groups in total. The zero-order valence-corrected chi connectivity index (χ0v) is 14.0. The van der Waals surface area contributed by atoms with Crippen LogP contribution in [-0.2, 0) is 16.0 Å². The smallest absolute Gasteiger partial charge is 0.387 e. The van der Waals surface area contributed by atoms with Crippen LogP contribution in [0.3, 0.4) is 0 Å². The Balaban J connectivity index is 1.68. The molecule has 2 atom stereocenters. The molecule has 134 valence electrons. The van der Waals surface area contributed by atoms with Crippen molar-refractivity contribution < 1.29 is 23.0 Å². The molecule has 1 aromatic rings. The van der Waals surface area contributed by atoms with Crippen LogP contribution in [-0.4, -0.2) is 55.8 Å². The zero-order valence-electron chi connectivity index (χ0n) is 14.0. The number of amides is 1. The molecule has 1 saturated heterocycles. The first kappa shape index (κ1) is 18.6. The summed E-state index contributed by atoms with van der Waals surface area (Å²) in [5.41, 5.74) is 0.950. The first-order chi connectivity index (χ1) is 11.4. The van der Waals surface area contributed by atoms with E-state index in [0.717, 1.165) is 18.7 Å². The second-order valence-corrected chi connectivity index (χ2v) is 6.07. The largest absolute Gasteiger partial charge is 0.435 e. The van der Waals surface area contributed by atoms with Crippen LogP contribution in [0.25, 0.3) is 0 Å². The molecule has 1 aliphatic rings. The number of benzene rings is 1. The van der Waals surface area contributed by atoms with Gasteiger partial charge in [0.2, 0.25) is 5.91 Å². The van der Waals surface area contributed by atoms with Crippen LogP contribution < -0.4 is 10.1 Å². The molecule has 0 saturated carbocycles. The highest BCUT2D eigenvalue weighted by Gasteiger charge is 2.23. The minimum atomic E-state index is -2.82. The normalized spacial score (nSPS) is 21.7. The van der Waals surface area contributed by atoms with Gasteiger partial charge in [0.1, 0.15) is 5.75 Å². The molecule has 1 fully saturated rings. The van der Waals surface area contributed by atoms with E-state index in [1.807, 2.05) is 13.8 Å². The Hall–Kier alpha value is -1.73. The molecule has 2 rings (SSSR count). The number of hydrogen-bond acceptors (Lipinski definition) is 4. The van der Waals surface area contributed by atoms with Crippen LogP contribution in [0.1, 0.15) is 19.4 Å². The maximum Gasteiger partial charge on any atom is 0.387 e. The van der Waals surface area contributed by atoms with E-state index < -0.39 is 6.61 Å². The van der Waals surface area contributed by atoms with E-state index in [9.17, 15) is 13.6 Å². The molecule has 0 aliphatic carbocycles. The highest BCUT2D eigenvalue weighted by Crippen LogP contribution is 2.15. The lowest BCUT2D eigenvalue weighted by Gasteiger charge is -2.34. The maximum atomic E-state index is 12.1. The van der Waals surface area contributed by atoms with Gasteiger partial charge in [-0.25, -0.2) is 0 Å². The SMILES string of the molecule is C[C@@H]1CN(CC(=O)NCCc2ccc(OC(F)F)cc2)C[C@H](C)O1. The van der Waals surface area contributed by atoms with Crippen molar-refractivity contribution in [1.82, 2.24) is 10.2 Å². The number of carbonyl (C=O) groups is 1. The molecule has 1 aliphatic heterocycles. The summed E-state index contributed by atoms with van der Waals surface area (Å²) in [6.45, 7) is 3.56.